The van der Waals surface area contributed by atoms with Gasteiger partial charge in [-0.1, -0.05) is 26.7 Å². The Morgan fingerprint density at radius 1 is 1.22 bits per heavy atom. The smallest absolute Gasteiger partial charge is 0.326 e. The highest BCUT2D eigenvalue weighted by molar-refractivity contribution is 5.82. The van der Waals surface area contributed by atoms with Crippen molar-refractivity contribution in [1.82, 2.24) is 10.2 Å². The molecule has 0 bridgehead atoms. The maximum absolute atomic E-state index is 12.0. The summed E-state index contributed by atoms with van der Waals surface area (Å²) in [6, 6.07) is -1.01. The Morgan fingerprint density at radius 2 is 1.83 bits per heavy atom. The van der Waals surface area contributed by atoms with Crippen molar-refractivity contribution in [1.29, 1.82) is 0 Å². The van der Waals surface area contributed by atoms with Crippen molar-refractivity contribution in [2.24, 2.45) is 0 Å². The Bertz CT molecular complexity index is 267. The summed E-state index contributed by atoms with van der Waals surface area (Å²) in [6.07, 6.45) is 3.51. The molecule has 5 heteroatoms. The third-order valence-corrected chi connectivity index (χ3v) is 2.89. The molecular weight excluding hydrogens is 232 g/mol. The van der Waals surface area contributed by atoms with Crippen LogP contribution in [0.4, 0.5) is 4.79 Å². The van der Waals surface area contributed by atoms with E-state index in [9.17, 15) is 9.59 Å². The Hall–Kier alpha value is -1.26. The molecule has 106 valence electrons. The summed E-state index contributed by atoms with van der Waals surface area (Å²) >= 11 is 0. The van der Waals surface area contributed by atoms with Gasteiger partial charge in [0.25, 0.3) is 0 Å². The predicted molar refractivity (Wildman–Crippen MR) is 71.6 cm³/mol. The van der Waals surface area contributed by atoms with Gasteiger partial charge in [0.1, 0.15) is 6.04 Å². The van der Waals surface area contributed by atoms with Crippen LogP contribution in [0.1, 0.15) is 53.4 Å². The SMILES string of the molecule is CCCCCN(C(=O)N[C@@H](CC)C(=O)O)C(C)C. The molecule has 5 nitrogen and oxygen atoms in total. The Labute approximate surface area is 110 Å². The molecule has 0 saturated heterocycles. The van der Waals surface area contributed by atoms with Gasteiger partial charge < -0.3 is 15.3 Å². The molecule has 0 spiro atoms. The van der Waals surface area contributed by atoms with Crippen molar-refractivity contribution in [3.63, 3.8) is 0 Å². The van der Waals surface area contributed by atoms with E-state index in [4.69, 9.17) is 5.11 Å². The molecule has 0 heterocycles. The standard InChI is InChI=1S/C13H26N2O3/c1-5-7-8-9-15(10(3)4)13(18)14-11(6-2)12(16)17/h10-11H,5-9H2,1-4H3,(H,14,18)(H,16,17)/t11-/m0/s1. The summed E-state index contributed by atoms with van der Waals surface area (Å²) in [6.45, 7) is 8.40. The van der Waals surface area contributed by atoms with E-state index < -0.39 is 12.0 Å². The van der Waals surface area contributed by atoms with Crippen LogP contribution < -0.4 is 5.32 Å². The lowest BCUT2D eigenvalue weighted by atomic mass is 10.2. The molecule has 0 aliphatic rings. The molecule has 0 rings (SSSR count). The van der Waals surface area contributed by atoms with Crippen LogP contribution in [0.5, 0.6) is 0 Å². The molecule has 0 aromatic carbocycles. The van der Waals surface area contributed by atoms with Gasteiger partial charge in [0.05, 0.1) is 0 Å². The fourth-order valence-electron chi connectivity index (χ4n) is 1.70. The van der Waals surface area contributed by atoms with Gasteiger partial charge in [0.15, 0.2) is 0 Å². The minimum atomic E-state index is -0.983. The van der Waals surface area contributed by atoms with E-state index >= 15 is 0 Å². The van der Waals surface area contributed by atoms with Crippen molar-refractivity contribution in [3.05, 3.63) is 0 Å². The van der Waals surface area contributed by atoms with Crippen molar-refractivity contribution >= 4 is 12.0 Å². The number of amides is 2. The van der Waals surface area contributed by atoms with Crippen molar-refractivity contribution in [3.8, 4) is 0 Å². The van der Waals surface area contributed by atoms with E-state index in [0.717, 1.165) is 19.3 Å². The number of hydrogen-bond donors (Lipinski definition) is 2. The second-order valence-corrected chi connectivity index (χ2v) is 4.74. The van der Waals surface area contributed by atoms with Crippen LogP contribution >= 0.6 is 0 Å². The largest absolute Gasteiger partial charge is 0.480 e. The number of carbonyl (C=O) groups excluding carboxylic acids is 1. The lowest BCUT2D eigenvalue weighted by Gasteiger charge is -2.28. The third kappa shape index (κ3) is 5.89. The zero-order valence-electron chi connectivity index (χ0n) is 11.9. The second kappa shape index (κ2) is 8.78. The van der Waals surface area contributed by atoms with E-state index in [1.807, 2.05) is 13.8 Å². The average Bonchev–Trinajstić information content (AvgIpc) is 2.30. The molecular formula is C13H26N2O3. The minimum Gasteiger partial charge on any atom is -0.480 e. The Kier molecular flexibility index (Phi) is 8.16. The number of nitrogens with zero attached hydrogens (tertiary/aromatic N) is 1. The number of rotatable bonds is 8. The van der Waals surface area contributed by atoms with Gasteiger partial charge in [-0.2, -0.15) is 0 Å². The van der Waals surface area contributed by atoms with Crippen molar-refractivity contribution < 1.29 is 14.7 Å². The minimum absolute atomic E-state index is 0.0770. The Balaban J connectivity index is 4.42. The average molecular weight is 258 g/mol. The first-order chi connectivity index (χ1) is 8.43. The summed E-state index contributed by atoms with van der Waals surface area (Å²) in [5.41, 5.74) is 0. The highest BCUT2D eigenvalue weighted by atomic mass is 16.4. The van der Waals surface area contributed by atoms with Gasteiger partial charge in [0.2, 0.25) is 0 Å². The first-order valence-electron chi connectivity index (χ1n) is 6.73. The number of carbonyl (C=O) groups is 2. The fraction of sp³-hybridized carbons (Fsp3) is 0.846. The number of carboxylic acids is 1. The highest BCUT2D eigenvalue weighted by Gasteiger charge is 2.22. The van der Waals surface area contributed by atoms with E-state index in [-0.39, 0.29) is 12.1 Å². The molecule has 0 aliphatic carbocycles. The van der Waals surface area contributed by atoms with E-state index in [1.165, 1.54) is 0 Å². The van der Waals surface area contributed by atoms with Crippen LogP contribution in [0.15, 0.2) is 0 Å². The monoisotopic (exact) mass is 258 g/mol. The zero-order chi connectivity index (χ0) is 14.1. The maximum Gasteiger partial charge on any atom is 0.326 e. The summed E-state index contributed by atoms with van der Waals surface area (Å²) in [7, 11) is 0. The van der Waals surface area contributed by atoms with Crippen LogP contribution in [0.25, 0.3) is 0 Å². The highest BCUT2D eigenvalue weighted by Crippen LogP contribution is 2.05. The molecule has 0 saturated carbocycles. The third-order valence-electron chi connectivity index (χ3n) is 2.89. The van der Waals surface area contributed by atoms with Gasteiger partial charge in [-0.25, -0.2) is 9.59 Å². The Morgan fingerprint density at radius 3 is 2.22 bits per heavy atom. The maximum atomic E-state index is 12.0. The first-order valence-corrected chi connectivity index (χ1v) is 6.73. The molecule has 2 amide bonds. The van der Waals surface area contributed by atoms with Crippen LogP contribution in [0.2, 0.25) is 0 Å². The fourth-order valence-corrected chi connectivity index (χ4v) is 1.70. The van der Waals surface area contributed by atoms with Gasteiger partial charge in [-0.15, -0.1) is 0 Å². The van der Waals surface area contributed by atoms with Crippen LogP contribution in [0.3, 0.4) is 0 Å². The van der Waals surface area contributed by atoms with Crippen LogP contribution in [0, 0.1) is 0 Å². The van der Waals surface area contributed by atoms with Crippen molar-refractivity contribution in [2.75, 3.05) is 6.54 Å². The molecule has 0 fully saturated rings. The van der Waals surface area contributed by atoms with Crippen molar-refractivity contribution in [2.45, 2.75) is 65.5 Å². The van der Waals surface area contributed by atoms with Gasteiger partial charge in [-0.3, -0.25) is 0 Å². The second-order valence-electron chi connectivity index (χ2n) is 4.74. The van der Waals surface area contributed by atoms with Gasteiger partial charge >= 0.3 is 12.0 Å². The van der Waals surface area contributed by atoms with Gasteiger partial charge in [-0.05, 0) is 26.7 Å². The first kappa shape index (κ1) is 16.7. The zero-order valence-corrected chi connectivity index (χ0v) is 11.9. The molecule has 18 heavy (non-hydrogen) atoms. The lowest BCUT2D eigenvalue weighted by molar-refractivity contribution is -0.139. The van der Waals surface area contributed by atoms with Gasteiger partial charge in [0, 0.05) is 12.6 Å². The molecule has 0 aromatic rings. The lowest BCUT2D eigenvalue weighted by Crippen LogP contribution is -2.50. The summed E-state index contributed by atoms with van der Waals surface area (Å²) in [4.78, 5) is 24.6. The summed E-state index contributed by atoms with van der Waals surface area (Å²) in [5, 5.41) is 11.5. The number of aliphatic carboxylic acids is 1. The molecule has 0 aliphatic heterocycles. The number of hydrogen-bond acceptors (Lipinski definition) is 2. The summed E-state index contributed by atoms with van der Waals surface area (Å²) < 4.78 is 0. The summed E-state index contributed by atoms with van der Waals surface area (Å²) in [5.74, 6) is -0.983. The molecule has 2 N–H and O–H groups in total. The quantitative estimate of drug-likeness (QED) is 0.657. The predicted octanol–water partition coefficient (Wildman–Crippen LogP) is 2.46. The molecule has 0 unspecified atom stereocenters. The number of unbranched alkanes of at least 4 members (excludes halogenated alkanes) is 2. The number of nitrogens with one attached hydrogen (secondary N) is 1. The van der Waals surface area contributed by atoms with Crippen LogP contribution in [-0.4, -0.2) is 40.6 Å². The van der Waals surface area contributed by atoms with E-state index in [2.05, 4.69) is 12.2 Å². The van der Waals surface area contributed by atoms with E-state index in [1.54, 1.807) is 11.8 Å². The number of urea groups is 1. The molecule has 1 atom stereocenters. The van der Waals surface area contributed by atoms with E-state index in [0.29, 0.717) is 13.0 Å². The molecule has 0 radical (unpaired) electrons. The number of carboxylic acid groups (broad SMARTS) is 1. The normalized spacial score (nSPS) is 12.3. The topological polar surface area (TPSA) is 69.6 Å². The van der Waals surface area contributed by atoms with Crippen LogP contribution in [-0.2, 0) is 4.79 Å². The molecule has 0 aromatic heterocycles.